The highest BCUT2D eigenvalue weighted by Gasteiger charge is 2.11. The van der Waals surface area contributed by atoms with E-state index in [9.17, 15) is 4.79 Å². The summed E-state index contributed by atoms with van der Waals surface area (Å²) < 4.78 is 6.56. The van der Waals surface area contributed by atoms with Gasteiger partial charge >= 0.3 is 0 Å². The topological polar surface area (TPSA) is 73.0 Å². The SMILES string of the molecule is COc1ccccc1-n1[nH]c(C)c(N)c1=O. The molecule has 0 spiro atoms. The molecular weight excluding hydrogens is 206 g/mol. The van der Waals surface area contributed by atoms with Crippen LogP contribution in [-0.4, -0.2) is 16.9 Å². The zero-order valence-corrected chi connectivity index (χ0v) is 9.15. The van der Waals surface area contributed by atoms with Crippen LogP contribution in [0.5, 0.6) is 5.75 Å². The number of methoxy groups -OCH3 is 1. The molecule has 1 aromatic carbocycles. The first-order valence-electron chi connectivity index (χ1n) is 4.85. The number of H-pyrrole nitrogens is 1. The van der Waals surface area contributed by atoms with Gasteiger partial charge in [-0.15, -0.1) is 0 Å². The van der Waals surface area contributed by atoms with Gasteiger partial charge in [-0.3, -0.25) is 9.89 Å². The zero-order valence-electron chi connectivity index (χ0n) is 9.15. The molecule has 0 radical (unpaired) electrons. The molecule has 0 aliphatic rings. The Labute approximate surface area is 92.4 Å². The number of rotatable bonds is 2. The van der Waals surface area contributed by atoms with Gasteiger partial charge in [-0.25, -0.2) is 4.68 Å². The summed E-state index contributed by atoms with van der Waals surface area (Å²) in [5.74, 6) is 0.617. The fourth-order valence-corrected chi connectivity index (χ4v) is 1.54. The summed E-state index contributed by atoms with van der Waals surface area (Å²) in [5, 5.41) is 2.90. The number of nitrogens with zero attached hydrogens (tertiary/aromatic N) is 1. The number of ether oxygens (including phenoxy) is 1. The Balaban J connectivity index is 2.68. The number of benzene rings is 1. The quantitative estimate of drug-likeness (QED) is 0.793. The van der Waals surface area contributed by atoms with Crippen molar-refractivity contribution in [2.24, 2.45) is 0 Å². The van der Waals surface area contributed by atoms with E-state index in [4.69, 9.17) is 10.5 Å². The molecule has 1 aromatic heterocycles. The van der Waals surface area contributed by atoms with Gasteiger partial charge in [-0.2, -0.15) is 0 Å². The van der Waals surface area contributed by atoms with Crippen LogP contribution in [-0.2, 0) is 0 Å². The number of aryl methyl sites for hydroxylation is 1. The molecule has 5 heteroatoms. The van der Waals surface area contributed by atoms with Gasteiger partial charge in [0, 0.05) is 0 Å². The van der Waals surface area contributed by atoms with Crippen LogP contribution in [0.25, 0.3) is 5.69 Å². The highest BCUT2D eigenvalue weighted by molar-refractivity contribution is 5.49. The normalized spacial score (nSPS) is 10.4. The number of nitrogens with two attached hydrogens (primary N) is 1. The zero-order chi connectivity index (χ0) is 11.7. The summed E-state index contributed by atoms with van der Waals surface area (Å²) in [4.78, 5) is 11.8. The van der Waals surface area contributed by atoms with E-state index in [2.05, 4.69) is 5.10 Å². The first kappa shape index (κ1) is 10.4. The number of nitrogens with one attached hydrogen (secondary N) is 1. The Morgan fingerprint density at radius 2 is 2.06 bits per heavy atom. The van der Waals surface area contributed by atoms with Crippen LogP contribution in [0.1, 0.15) is 5.69 Å². The molecule has 0 aliphatic heterocycles. The molecule has 2 aromatic rings. The van der Waals surface area contributed by atoms with E-state index in [0.717, 1.165) is 0 Å². The molecular formula is C11H13N3O2. The van der Waals surface area contributed by atoms with Crippen LogP contribution in [0.15, 0.2) is 29.1 Å². The number of aromatic nitrogens is 2. The smallest absolute Gasteiger partial charge is 0.294 e. The second kappa shape index (κ2) is 3.77. The van der Waals surface area contributed by atoms with Crippen molar-refractivity contribution in [3.05, 3.63) is 40.3 Å². The van der Waals surface area contributed by atoms with E-state index in [0.29, 0.717) is 17.1 Å². The summed E-state index contributed by atoms with van der Waals surface area (Å²) in [6.07, 6.45) is 0. The van der Waals surface area contributed by atoms with Crippen molar-refractivity contribution in [3.8, 4) is 11.4 Å². The van der Waals surface area contributed by atoms with Crippen molar-refractivity contribution in [2.45, 2.75) is 6.92 Å². The van der Waals surface area contributed by atoms with E-state index in [-0.39, 0.29) is 11.2 Å². The van der Waals surface area contributed by atoms with Crippen molar-refractivity contribution in [3.63, 3.8) is 0 Å². The minimum absolute atomic E-state index is 0.228. The van der Waals surface area contributed by atoms with Crippen molar-refractivity contribution in [1.82, 2.24) is 9.78 Å². The van der Waals surface area contributed by atoms with Crippen LogP contribution >= 0.6 is 0 Å². The number of anilines is 1. The second-order valence-electron chi connectivity index (χ2n) is 3.46. The van der Waals surface area contributed by atoms with Crippen LogP contribution in [0.4, 0.5) is 5.69 Å². The Morgan fingerprint density at radius 1 is 1.38 bits per heavy atom. The van der Waals surface area contributed by atoms with Gasteiger partial charge in [0.05, 0.1) is 12.8 Å². The standard InChI is InChI=1S/C11H13N3O2/c1-7-10(12)11(15)14(13-7)8-5-3-4-6-9(8)16-2/h3-6,13H,12H2,1-2H3. The van der Waals surface area contributed by atoms with Gasteiger partial charge in [0.2, 0.25) is 0 Å². The highest BCUT2D eigenvalue weighted by Crippen LogP contribution is 2.20. The van der Waals surface area contributed by atoms with Crippen molar-refractivity contribution in [1.29, 1.82) is 0 Å². The molecule has 0 atom stereocenters. The molecule has 84 valence electrons. The molecule has 5 nitrogen and oxygen atoms in total. The van der Waals surface area contributed by atoms with Crippen LogP contribution in [0.2, 0.25) is 0 Å². The lowest BCUT2D eigenvalue weighted by molar-refractivity contribution is 0.411. The molecule has 0 amide bonds. The number of hydrogen-bond acceptors (Lipinski definition) is 3. The Morgan fingerprint density at radius 3 is 2.62 bits per heavy atom. The minimum atomic E-state index is -0.262. The monoisotopic (exact) mass is 219 g/mol. The summed E-state index contributed by atoms with van der Waals surface area (Å²) >= 11 is 0. The van der Waals surface area contributed by atoms with E-state index >= 15 is 0 Å². The third kappa shape index (κ3) is 1.46. The van der Waals surface area contributed by atoms with E-state index in [1.807, 2.05) is 12.1 Å². The van der Waals surface area contributed by atoms with Gasteiger partial charge in [0.15, 0.2) is 0 Å². The van der Waals surface area contributed by atoms with E-state index < -0.39 is 0 Å². The minimum Gasteiger partial charge on any atom is -0.494 e. The van der Waals surface area contributed by atoms with Crippen LogP contribution in [0, 0.1) is 6.92 Å². The van der Waals surface area contributed by atoms with E-state index in [1.54, 1.807) is 26.2 Å². The number of aromatic amines is 1. The molecule has 0 aliphatic carbocycles. The van der Waals surface area contributed by atoms with Gasteiger partial charge in [0.1, 0.15) is 17.1 Å². The largest absolute Gasteiger partial charge is 0.494 e. The van der Waals surface area contributed by atoms with Gasteiger partial charge in [-0.1, -0.05) is 12.1 Å². The Bertz CT molecular complexity index is 569. The molecule has 0 saturated carbocycles. The predicted octanol–water partition coefficient (Wildman–Crippen LogP) is 1.06. The van der Waals surface area contributed by atoms with Crippen molar-refractivity contribution in [2.75, 3.05) is 12.8 Å². The molecule has 3 N–H and O–H groups in total. The second-order valence-corrected chi connectivity index (χ2v) is 3.46. The molecule has 0 fully saturated rings. The third-order valence-corrected chi connectivity index (χ3v) is 2.44. The number of para-hydroxylation sites is 2. The fraction of sp³-hybridized carbons (Fsp3) is 0.182. The lowest BCUT2D eigenvalue weighted by Gasteiger charge is -2.07. The Kier molecular flexibility index (Phi) is 2.44. The number of nitrogen functional groups attached to an aromatic ring is 1. The molecule has 0 unspecified atom stereocenters. The van der Waals surface area contributed by atoms with Gasteiger partial charge in [-0.05, 0) is 19.1 Å². The summed E-state index contributed by atoms with van der Waals surface area (Å²) in [5.41, 5.74) is 6.89. The molecule has 0 bridgehead atoms. The summed E-state index contributed by atoms with van der Waals surface area (Å²) in [6, 6.07) is 7.24. The highest BCUT2D eigenvalue weighted by atomic mass is 16.5. The summed E-state index contributed by atoms with van der Waals surface area (Å²) in [6.45, 7) is 1.75. The maximum atomic E-state index is 11.8. The van der Waals surface area contributed by atoms with Crippen molar-refractivity contribution < 1.29 is 4.74 Å². The predicted molar refractivity (Wildman–Crippen MR) is 62.1 cm³/mol. The molecule has 0 saturated heterocycles. The maximum absolute atomic E-state index is 11.8. The first-order valence-corrected chi connectivity index (χ1v) is 4.85. The molecule has 16 heavy (non-hydrogen) atoms. The van der Waals surface area contributed by atoms with Gasteiger partial charge < -0.3 is 10.5 Å². The van der Waals surface area contributed by atoms with Crippen molar-refractivity contribution >= 4 is 5.69 Å². The van der Waals surface area contributed by atoms with Crippen LogP contribution < -0.4 is 16.0 Å². The summed E-state index contributed by atoms with van der Waals surface area (Å²) in [7, 11) is 1.56. The fourth-order valence-electron chi connectivity index (χ4n) is 1.54. The molecule has 2 rings (SSSR count). The van der Waals surface area contributed by atoms with Crippen LogP contribution in [0.3, 0.4) is 0 Å². The Hall–Kier alpha value is -2.17. The number of hydrogen-bond donors (Lipinski definition) is 2. The lowest BCUT2D eigenvalue weighted by atomic mass is 10.3. The maximum Gasteiger partial charge on any atom is 0.294 e. The first-order chi connectivity index (χ1) is 7.65. The average Bonchev–Trinajstić information content (AvgIpc) is 2.57. The lowest BCUT2D eigenvalue weighted by Crippen LogP contribution is -2.17. The molecule has 1 heterocycles. The third-order valence-electron chi connectivity index (χ3n) is 2.44. The van der Waals surface area contributed by atoms with Gasteiger partial charge in [0.25, 0.3) is 5.56 Å². The van der Waals surface area contributed by atoms with E-state index in [1.165, 1.54) is 4.68 Å². The average molecular weight is 219 g/mol.